The van der Waals surface area contributed by atoms with Crippen LogP contribution in [0.15, 0.2) is 84.8 Å². The summed E-state index contributed by atoms with van der Waals surface area (Å²) in [5.74, 6) is 1.47. The number of aromatic nitrogens is 1. The fourth-order valence-corrected chi connectivity index (χ4v) is 3.45. The third-order valence-electron chi connectivity index (χ3n) is 4.87. The molecule has 0 saturated heterocycles. The van der Waals surface area contributed by atoms with Gasteiger partial charge in [-0.15, -0.1) is 17.7 Å². The van der Waals surface area contributed by atoms with E-state index < -0.39 is 0 Å². The number of ketones is 1. The second-order valence-electron chi connectivity index (χ2n) is 7.33. The third-order valence-corrected chi connectivity index (χ3v) is 4.87. The molecule has 177 valence electrons. The number of methoxy groups -OCH3 is 2. The van der Waals surface area contributed by atoms with E-state index in [2.05, 4.69) is 47.4 Å². The number of ether oxygens (including phenoxy) is 2. The molecule has 4 aromatic rings. The van der Waals surface area contributed by atoms with Crippen molar-refractivity contribution in [1.29, 1.82) is 0 Å². The summed E-state index contributed by atoms with van der Waals surface area (Å²) in [6, 6.07) is 25.6. The van der Waals surface area contributed by atoms with Crippen LogP contribution in [0.4, 0.5) is 0 Å². The summed E-state index contributed by atoms with van der Waals surface area (Å²) in [6.07, 6.45) is 2.92. The number of rotatable bonds is 5. The largest absolute Gasteiger partial charge is 0.540 e. The number of benzene rings is 3. The Balaban J connectivity index is 0.000000449. The number of hydrogen-bond donors (Lipinski definition) is 1. The maximum Gasteiger partial charge on any atom is 0.155 e. The number of allylic oxidation sites excluding steroid dienone is 2. The number of carbonyl (C=O) groups excluding carboxylic acids is 1. The molecule has 0 aliphatic rings. The van der Waals surface area contributed by atoms with Gasteiger partial charge in [0.25, 0.3) is 0 Å². The van der Waals surface area contributed by atoms with Crippen molar-refractivity contribution in [2.75, 3.05) is 14.2 Å². The molecule has 1 aromatic heterocycles. The van der Waals surface area contributed by atoms with Gasteiger partial charge in [0.15, 0.2) is 5.78 Å². The van der Waals surface area contributed by atoms with Crippen LogP contribution in [0.1, 0.15) is 13.8 Å². The first-order chi connectivity index (χ1) is 15.9. The van der Waals surface area contributed by atoms with Crippen molar-refractivity contribution in [3.63, 3.8) is 0 Å². The summed E-state index contributed by atoms with van der Waals surface area (Å²) >= 11 is 0. The minimum Gasteiger partial charge on any atom is -0.540 e. The van der Waals surface area contributed by atoms with Crippen molar-refractivity contribution >= 4 is 16.6 Å². The van der Waals surface area contributed by atoms with Gasteiger partial charge in [-0.05, 0) is 42.4 Å². The maximum absolute atomic E-state index is 10.0. The van der Waals surface area contributed by atoms with Gasteiger partial charge in [-0.2, -0.15) is 0 Å². The summed E-state index contributed by atoms with van der Waals surface area (Å²) in [7, 11) is 3.32. The average molecular weight is 633 g/mol. The number of carbonyl (C=O) groups is 1. The van der Waals surface area contributed by atoms with Crippen LogP contribution in [0.25, 0.3) is 33.2 Å². The SMILES string of the molecule is CC(=O)/C=C(/C)O.COc1ccnc(-c2[c-]cc(OC)cc2-c2cccc3ccccc23)c1.[Ir]. The molecular weight excluding hydrogens is 607 g/mol. The van der Waals surface area contributed by atoms with Gasteiger partial charge in [-0.1, -0.05) is 59.7 Å². The van der Waals surface area contributed by atoms with Crippen LogP contribution in [0, 0.1) is 6.07 Å². The first-order valence-electron chi connectivity index (χ1n) is 10.4. The Bertz CT molecular complexity index is 1290. The smallest absolute Gasteiger partial charge is 0.155 e. The molecule has 0 atom stereocenters. The predicted molar refractivity (Wildman–Crippen MR) is 132 cm³/mol. The van der Waals surface area contributed by atoms with Crippen LogP contribution in [-0.4, -0.2) is 30.1 Å². The monoisotopic (exact) mass is 633 g/mol. The van der Waals surface area contributed by atoms with Gasteiger partial charge >= 0.3 is 0 Å². The van der Waals surface area contributed by atoms with Crippen LogP contribution in [-0.2, 0) is 24.9 Å². The van der Waals surface area contributed by atoms with E-state index in [0.29, 0.717) is 0 Å². The first kappa shape index (κ1) is 26.8. The molecule has 4 rings (SSSR count). The number of aliphatic hydroxyl groups excluding tert-OH is 1. The van der Waals surface area contributed by atoms with E-state index in [-0.39, 0.29) is 31.6 Å². The molecule has 0 amide bonds. The molecule has 6 heteroatoms. The summed E-state index contributed by atoms with van der Waals surface area (Å²) < 4.78 is 10.8. The Morgan fingerprint density at radius 2 is 1.65 bits per heavy atom. The Morgan fingerprint density at radius 3 is 2.29 bits per heavy atom. The quantitative estimate of drug-likeness (QED) is 0.156. The van der Waals surface area contributed by atoms with E-state index in [4.69, 9.17) is 14.6 Å². The van der Waals surface area contributed by atoms with Crippen molar-refractivity contribution in [3.8, 4) is 33.9 Å². The number of hydrogen-bond acceptors (Lipinski definition) is 5. The van der Waals surface area contributed by atoms with Crippen molar-refractivity contribution < 1.29 is 39.5 Å². The molecule has 34 heavy (non-hydrogen) atoms. The molecule has 5 nitrogen and oxygen atoms in total. The maximum atomic E-state index is 10.0. The predicted octanol–water partition coefficient (Wildman–Crippen LogP) is 6.42. The number of nitrogens with zero attached hydrogens (tertiary/aromatic N) is 1. The third kappa shape index (κ3) is 6.77. The van der Waals surface area contributed by atoms with Gasteiger partial charge in [0.1, 0.15) is 5.75 Å². The summed E-state index contributed by atoms with van der Waals surface area (Å²) in [5, 5.41) is 10.7. The first-order valence-corrected chi connectivity index (χ1v) is 10.4. The molecule has 3 aromatic carbocycles. The molecule has 1 N–H and O–H groups in total. The number of aliphatic hydroxyl groups is 1. The second-order valence-corrected chi connectivity index (χ2v) is 7.33. The minimum atomic E-state index is -0.125. The van der Waals surface area contributed by atoms with E-state index >= 15 is 0 Å². The van der Waals surface area contributed by atoms with Crippen molar-refractivity contribution in [2.24, 2.45) is 0 Å². The molecule has 0 fully saturated rings. The van der Waals surface area contributed by atoms with Crippen molar-refractivity contribution in [2.45, 2.75) is 13.8 Å². The summed E-state index contributed by atoms with van der Waals surface area (Å²) in [6.45, 7) is 2.85. The van der Waals surface area contributed by atoms with Gasteiger partial charge in [0.05, 0.1) is 20.0 Å². The van der Waals surface area contributed by atoms with Crippen LogP contribution in [0.2, 0.25) is 0 Å². The Kier molecular flexibility index (Phi) is 9.99. The van der Waals surface area contributed by atoms with Crippen LogP contribution in [0.3, 0.4) is 0 Å². The van der Waals surface area contributed by atoms with Gasteiger partial charge in [-0.25, -0.2) is 0 Å². The second kappa shape index (κ2) is 12.7. The topological polar surface area (TPSA) is 68.7 Å². The number of pyridine rings is 1. The van der Waals surface area contributed by atoms with Gasteiger partial charge in [0.2, 0.25) is 0 Å². The molecule has 0 aliphatic heterocycles. The fraction of sp³-hybridized carbons (Fsp3) is 0.143. The fourth-order valence-electron chi connectivity index (χ4n) is 3.45. The van der Waals surface area contributed by atoms with Crippen molar-refractivity contribution in [3.05, 3.63) is 90.8 Å². The normalized spacial score (nSPS) is 10.5. The van der Waals surface area contributed by atoms with Crippen LogP contribution < -0.4 is 9.47 Å². The Morgan fingerprint density at radius 1 is 0.941 bits per heavy atom. The van der Waals surface area contributed by atoms with E-state index in [1.165, 1.54) is 30.7 Å². The Hall–Kier alpha value is -3.47. The van der Waals surface area contributed by atoms with E-state index in [1.807, 2.05) is 30.3 Å². The average Bonchev–Trinajstić information content (AvgIpc) is 2.83. The molecule has 1 radical (unpaired) electrons. The van der Waals surface area contributed by atoms with Crippen LogP contribution in [0.5, 0.6) is 11.5 Å². The van der Waals surface area contributed by atoms with E-state index in [9.17, 15) is 4.79 Å². The van der Waals surface area contributed by atoms with E-state index in [0.717, 1.165) is 33.9 Å². The molecule has 1 heterocycles. The summed E-state index contributed by atoms with van der Waals surface area (Å²) in [4.78, 5) is 14.5. The van der Waals surface area contributed by atoms with Crippen LogP contribution >= 0.6 is 0 Å². The van der Waals surface area contributed by atoms with E-state index in [1.54, 1.807) is 20.4 Å². The molecule has 0 aliphatic carbocycles. The molecule has 0 spiro atoms. The minimum absolute atomic E-state index is 0. The standard InChI is InChI=1S/C23H18NO2.C5H8O2.Ir/c1-25-17-10-11-21(23-15-18(26-2)12-13-24-23)22(14-17)20-9-5-7-16-6-3-4-8-19(16)20;1-4(6)3-5(2)7;/h3-10,12-15H,1-2H3;3,6H,1-2H3;/q-1;;/b;4-3-;. The molecular formula is C28H26IrNO4-. The zero-order valence-corrected chi connectivity index (χ0v) is 21.9. The van der Waals surface area contributed by atoms with Crippen molar-refractivity contribution in [1.82, 2.24) is 4.98 Å². The zero-order valence-electron chi connectivity index (χ0n) is 19.5. The Labute approximate surface area is 213 Å². The zero-order chi connectivity index (χ0) is 23.8. The number of fused-ring (bicyclic) bond motifs is 1. The molecule has 0 bridgehead atoms. The molecule has 0 unspecified atom stereocenters. The summed E-state index contributed by atoms with van der Waals surface area (Å²) in [5.41, 5.74) is 3.88. The van der Waals surface area contributed by atoms with Gasteiger partial charge < -0.3 is 19.6 Å². The van der Waals surface area contributed by atoms with Gasteiger partial charge in [0, 0.05) is 38.1 Å². The molecule has 0 saturated carbocycles. The van der Waals surface area contributed by atoms with Gasteiger partial charge in [-0.3, -0.25) is 4.79 Å².